The smallest absolute Gasteiger partial charge is 0.294 e. The lowest BCUT2D eigenvalue weighted by molar-refractivity contribution is -0.384. The first-order chi connectivity index (χ1) is 14.3. The number of nitro groups is 1. The maximum atomic E-state index is 12.6. The van der Waals surface area contributed by atoms with Crippen LogP contribution in [0.1, 0.15) is 10.4 Å². The van der Waals surface area contributed by atoms with Gasteiger partial charge in [0.25, 0.3) is 11.6 Å². The van der Waals surface area contributed by atoms with Crippen LogP contribution in [0, 0.1) is 10.1 Å². The fourth-order valence-corrected chi connectivity index (χ4v) is 3.94. The summed E-state index contributed by atoms with van der Waals surface area (Å²) >= 11 is 17.6. The van der Waals surface area contributed by atoms with E-state index in [4.69, 9.17) is 40.2 Å². The molecule has 1 aliphatic heterocycles. The van der Waals surface area contributed by atoms with Crippen molar-refractivity contribution in [3.05, 3.63) is 62.1 Å². The van der Waals surface area contributed by atoms with Gasteiger partial charge in [0.15, 0.2) is 5.11 Å². The quantitative estimate of drug-likeness (QED) is 0.415. The lowest BCUT2D eigenvalue weighted by Gasteiger charge is -2.37. The number of nitro benzene ring substituents is 1. The van der Waals surface area contributed by atoms with Crippen molar-refractivity contribution in [2.45, 2.75) is 0 Å². The predicted molar refractivity (Wildman–Crippen MR) is 120 cm³/mol. The Bertz CT molecular complexity index is 996. The summed E-state index contributed by atoms with van der Waals surface area (Å²) in [5.74, 6) is -0.0425. The number of halogens is 2. The number of nitrogens with one attached hydrogen (secondary N) is 1. The van der Waals surface area contributed by atoms with Crippen molar-refractivity contribution < 1.29 is 14.5 Å². The fourth-order valence-electron chi connectivity index (χ4n) is 3.20. The van der Waals surface area contributed by atoms with Crippen LogP contribution in [0.2, 0.25) is 10.0 Å². The normalized spacial score (nSPS) is 13.7. The number of anilines is 1. The summed E-state index contributed by atoms with van der Waals surface area (Å²) in [4.78, 5) is 27.2. The number of piperazine rings is 1. The molecule has 3 rings (SSSR count). The van der Waals surface area contributed by atoms with E-state index in [0.29, 0.717) is 47.7 Å². The van der Waals surface area contributed by atoms with Crippen molar-refractivity contribution in [3.63, 3.8) is 0 Å². The molecule has 0 saturated carbocycles. The van der Waals surface area contributed by atoms with Gasteiger partial charge in [-0.05, 0) is 36.5 Å². The van der Waals surface area contributed by atoms with Crippen LogP contribution in [0.15, 0.2) is 36.4 Å². The highest BCUT2D eigenvalue weighted by Gasteiger charge is 2.27. The minimum absolute atomic E-state index is 0.0418. The van der Waals surface area contributed by atoms with Crippen molar-refractivity contribution in [1.29, 1.82) is 0 Å². The highest BCUT2D eigenvalue weighted by Crippen LogP contribution is 2.35. The molecule has 8 nitrogen and oxygen atoms in total. The van der Waals surface area contributed by atoms with E-state index in [1.165, 1.54) is 19.2 Å². The zero-order chi connectivity index (χ0) is 21.8. The zero-order valence-corrected chi connectivity index (χ0v) is 18.3. The molecule has 1 aliphatic rings. The monoisotopic (exact) mass is 468 g/mol. The molecule has 0 unspecified atom stereocenters. The number of thiocarbonyl (C=S) groups is 1. The van der Waals surface area contributed by atoms with E-state index in [0.717, 1.165) is 0 Å². The Morgan fingerprint density at radius 1 is 1.20 bits per heavy atom. The summed E-state index contributed by atoms with van der Waals surface area (Å²) < 4.78 is 5.20. The van der Waals surface area contributed by atoms with Crippen LogP contribution in [-0.2, 0) is 0 Å². The third-order valence-corrected chi connectivity index (χ3v) is 5.57. The van der Waals surface area contributed by atoms with Crippen molar-refractivity contribution >= 4 is 57.8 Å². The summed E-state index contributed by atoms with van der Waals surface area (Å²) in [7, 11) is 1.46. The van der Waals surface area contributed by atoms with Gasteiger partial charge in [0.1, 0.15) is 11.4 Å². The molecule has 1 heterocycles. The van der Waals surface area contributed by atoms with Crippen LogP contribution in [0.4, 0.5) is 11.4 Å². The number of amides is 1. The van der Waals surface area contributed by atoms with E-state index in [1.54, 1.807) is 24.3 Å². The number of para-hydroxylation sites is 1. The van der Waals surface area contributed by atoms with Crippen molar-refractivity contribution in [3.8, 4) is 5.75 Å². The van der Waals surface area contributed by atoms with E-state index >= 15 is 0 Å². The van der Waals surface area contributed by atoms with Gasteiger partial charge in [-0.2, -0.15) is 0 Å². The van der Waals surface area contributed by atoms with E-state index in [-0.39, 0.29) is 16.4 Å². The van der Waals surface area contributed by atoms with Crippen molar-refractivity contribution in [2.75, 3.05) is 38.2 Å². The van der Waals surface area contributed by atoms with Crippen LogP contribution in [0.3, 0.4) is 0 Å². The summed E-state index contributed by atoms with van der Waals surface area (Å²) in [6, 6.07) is 9.34. The van der Waals surface area contributed by atoms with Gasteiger partial charge < -0.3 is 14.5 Å². The molecule has 11 heteroatoms. The molecule has 1 N–H and O–H groups in total. The van der Waals surface area contributed by atoms with Crippen LogP contribution in [0.25, 0.3) is 0 Å². The number of hydrogen-bond donors (Lipinski definition) is 1. The lowest BCUT2D eigenvalue weighted by atomic mass is 10.2. The number of carbonyl (C=O) groups excluding carboxylic acids is 1. The highest BCUT2D eigenvalue weighted by atomic mass is 35.5. The second kappa shape index (κ2) is 9.46. The first-order valence-corrected chi connectivity index (χ1v) is 10.1. The number of carbonyl (C=O) groups is 1. The molecule has 158 valence electrons. The van der Waals surface area contributed by atoms with Gasteiger partial charge in [-0.1, -0.05) is 29.3 Å². The lowest BCUT2D eigenvalue weighted by Crippen LogP contribution is -2.52. The Hall–Kier alpha value is -2.62. The molecule has 0 atom stereocenters. The van der Waals surface area contributed by atoms with E-state index in [1.807, 2.05) is 9.80 Å². The standard InChI is InChI=1S/C19H18Cl2N4O4S/c1-29-16-6-5-12(20)11-13(16)18(26)22-19(30)24-9-7-23(8-10-24)17-14(21)3-2-4-15(17)25(27)28/h2-6,11H,7-10H2,1H3,(H,22,26,30). The van der Waals surface area contributed by atoms with Gasteiger partial charge >= 0.3 is 0 Å². The number of benzene rings is 2. The zero-order valence-electron chi connectivity index (χ0n) is 15.9. The van der Waals surface area contributed by atoms with Gasteiger partial charge in [0, 0.05) is 37.3 Å². The summed E-state index contributed by atoms with van der Waals surface area (Å²) in [5, 5.41) is 15.0. The molecule has 0 radical (unpaired) electrons. The SMILES string of the molecule is COc1ccc(Cl)cc1C(=O)NC(=S)N1CCN(c2c(Cl)cccc2[N+](=O)[O-])CC1. The third kappa shape index (κ3) is 4.75. The fraction of sp³-hybridized carbons (Fsp3) is 0.263. The Labute approximate surface area is 188 Å². The molecule has 0 spiro atoms. The number of hydrogen-bond acceptors (Lipinski definition) is 6. The number of ether oxygens (including phenoxy) is 1. The molecular weight excluding hydrogens is 451 g/mol. The highest BCUT2D eigenvalue weighted by molar-refractivity contribution is 7.80. The van der Waals surface area contributed by atoms with Gasteiger partial charge in [-0.25, -0.2) is 0 Å². The van der Waals surface area contributed by atoms with Crippen molar-refractivity contribution in [1.82, 2.24) is 10.2 Å². The van der Waals surface area contributed by atoms with Crippen LogP contribution < -0.4 is 15.0 Å². The Morgan fingerprint density at radius 2 is 1.90 bits per heavy atom. The van der Waals surface area contributed by atoms with Gasteiger partial charge in [-0.3, -0.25) is 20.2 Å². The van der Waals surface area contributed by atoms with Crippen LogP contribution >= 0.6 is 35.4 Å². The van der Waals surface area contributed by atoms with E-state index in [2.05, 4.69) is 5.32 Å². The number of rotatable bonds is 4. The Kier molecular flexibility index (Phi) is 6.96. The maximum Gasteiger partial charge on any atom is 0.294 e. The minimum atomic E-state index is -0.448. The predicted octanol–water partition coefficient (Wildman–Crippen LogP) is 3.75. The maximum absolute atomic E-state index is 12.6. The molecule has 0 aromatic heterocycles. The van der Waals surface area contributed by atoms with E-state index < -0.39 is 10.8 Å². The third-order valence-electron chi connectivity index (χ3n) is 4.67. The van der Waals surface area contributed by atoms with E-state index in [9.17, 15) is 14.9 Å². The molecule has 0 bridgehead atoms. The molecular formula is C19H18Cl2N4O4S. The second-order valence-electron chi connectivity index (χ2n) is 6.44. The first kappa shape index (κ1) is 22.1. The average molecular weight is 469 g/mol. The van der Waals surface area contributed by atoms with Crippen LogP contribution in [-0.4, -0.2) is 54.1 Å². The second-order valence-corrected chi connectivity index (χ2v) is 7.67. The van der Waals surface area contributed by atoms with Gasteiger partial charge in [0.05, 0.1) is 22.6 Å². The summed E-state index contributed by atoms with van der Waals surface area (Å²) in [6.45, 7) is 1.85. The number of methoxy groups -OCH3 is 1. The molecule has 1 fully saturated rings. The summed E-state index contributed by atoms with van der Waals surface area (Å²) in [6.07, 6.45) is 0. The minimum Gasteiger partial charge on any atom is -0.496 e. The van der Waals surface area contributed by atoms with Crippen LogP contribution in [0.5, 0.6) is 5.75 Å². The van der Waals surface area contributed by atoms with Crippen molar-refractivity contribution in [2.24, 2.45) is 0 Å². The van der Waals surface area contributed by atoms with Gasteiger partial charge in [0.2, 0.25) is 0 Å². The Morgan fingerprint density at radius 3 is 2.53 bits per heavy atom. The molecule has 1 amide bonds. The molecule has 2 aromatic carbocycles. The molecule has 2 aromatic rings. The average Bonchev–Trinajstić information content (AvgIpc) is 2.73. The molecule has 30 heavy (non-hydrogen) atoms. The topological polar surface area (TPSA) is 88.0 Å². The summed E-state index contributed by atoms with van der Waals surface area (Å²) in [5.41, 5.74) is 0.625. The molecule has 0 aliphatic carbocycles. The molecule has 1 saturated heterocycles. The van der Waals surface area contributed by atoms with Gasteiger partial charge in [-0.15, -0.1) is 0 Å². The largest absolute Gasteiger partial charge is 0.496 e. The Balaban J connectivity index is 1.66. The first-order valence-electron chi connectivity index (χ1n) is 8.93. The number of nitrogens with zero attached hydrogens (tertiary/aromatic N) is 3.